The van der Waals surface area contributed by atoms with E-state index in [1.165, 1.54) is 12.1 Å². The van der Waals surface area contributed by atoms with Crippen molar-refractivity contribution < 1.29 is 14.5 Å². The quantitative estimate of drug-likeness (QED) is 0.532. The van der Waals surface area contributed by atoms with Crippen LogP contribution in [-0.4, -0.2) is 22.0 Å². The lowest BCUT2D eigenvalue weighted by Crippen LogP contribution is -2.42. The molecule has 0 amide bonds. The van der Waals surface area contributed by atoms with Crippen LogP contribution in [0.1, 0.15) is 5.56 Å². The van der Waals surface area contributed by atoms with Gasteiger partial charge in [-0.05, 0) is 47.3 Å². The Hall–Kier alpha value is -3.69. The molecule has 1 aromatic heterocycles. The number of nitriles is 1. The van der Waals surface area contributed by atoms with Crippen LogP contribution >= 0.6 is 0 Å². The summed E-state index contributed by atoms with van der Waals surface area (Å²) in [5.74, 6) is -0.140. The fourth-order valence-electron chi connectivity index (χ4n) is 2.70. The zero-order valence-corrected chi connectivity index (χ0v) is 14.8. The molecule has 4 nitrogen and oxygen atoms in total. The van der Waals surface area contributed by atoms with Gasteiger partial charge in [-0.3, -0.25) is 4.98 Å². The molecular weight excluding hydrogens is 354 g/mol. The number of phenolic OH excluding ortho intramolecular Hbond substituents is 1. The zero-order chi connectivity index (χ0) is 19.9. The number of pyridine rings is 1. The largest absolute Gasteiger partial charge is 0.506 e. The van der Waals surface area contributed by atoms with Gasteiger partial charge in [0.1, 0.15) is 17.1 Å². The Morgan fingerprint density at radius 1 is 0.893 bits per heavy atom. The molecule has 0 aliphatic heterocycles. The lowest BCUT2D eigenvalue weighted by Gasteiger charge is -2.07. The normalized spacial score (nSPS) is 9.89. The number of aromatic hydroxyl groups is 1. The summed E-state index contributed by atoms with van der Waals surface area (Å²) < 4.78 is 13.0. The Morgan fingerprint density at radius 3 is 2.29 bits per heavy atom. The third kappa shape index (κ3) is 4.53. The maximum Gasteiger partial charge on any atom is 0.359 e. The lowest BCUT2D eigenvalue weighted by molar-refractivity contribution is 0.480. The number of benzene rings is 3. The van der Waals surface area contributed by atoms with Gasteiger partial charge in [0.15, 0.2) is 0 Å². The maximum absolute atomic E-state index is 13.0. The molecule has 0 fully saturated rings. The highest BCUT2D eigenvalue weighted by Crippen LogP contribution is 2.20. The van der Waals surface area contributed by atoms with E-state index in [9.17, 15) is 14.5 Å². The van der Waals surface area contributed by atoms with Crippen molar-refractivity contribution in [2.45, 2.75) is 0 Å². The number of aromatic nitrogens is 1. The lowest BCUT2D eigenvalue weighted by atomic mass is 9.56. The molecule has 4 rings (SSSR count). The third-order valence-electron chi connectivity index (χ3n) is 4.13. The molecule has 4 aromatic rings. The average Bonchev–Trinajstić information content (AvgIpc) is 2.74. The molecule has 0 saturated carbocycles. The Labute approximate surface area is 162 Å². The predicted molar refractivity (Wildman–Crippen MR) is 108 cm³/mol. The Kier molecular flexibility index (Phi) is 6.00. The maximum atomic E-state index is 13.0. The summed E-state index contributed by atoms with van der Waals surface area (Å²) in [5.41, 5.74) is 2.32. The van der Waals surface area contributed by atoms with Crippen LogP contribution in [0.5, 0.6) is 5.75 Å². The van der Waals surface area contributed by atoms with Gasteiger partial charge in [-0.1, -0.05) is 42.5 Å². The number of para-hydroxylation sites is 1. The van der Waals surface area contributed by atoms with E-state index in [2.05, 4.69) is 4.98 Å². The SMILES string of the molecule is N#Cc1ccc(B(O)c2cccc(F)c2)cc1.Oc1cccc2cccnc12. The number of rotatable bonds is 2. The van der Waals surface area contributed by atoms with Crippen LogP contribution in [-0.2, 0) is 0 Å². The molecule has 0 aliphatic carbocycles. The second-order valence-corrected chi connectivity index (χ2v) is 6.04. The molecule has 0 radical (unpaired) electrons. The molecule has 3 aromatic carbocycles. The standard InChI is InChI=1S/C13H9BFNO.C9H7NO/c15-13-3-1-2-12(8-13)14(17)11-6-4-10(9-16)5-7-11;11-8-5-1-3-7-4-2-6-10-9(7)8/h1-8,17H;1-6,11H. The smallest absolute Gasteiger partial charge is 0.359 e. The van der Waals surface area contributed by atoms with E-state index in [1.807, 2.05) is 24.3 Å². The Balaban J connectivity index is 0.000000176. The van der Waals surface area contributed by atoms with Crippen molar-refractivity contribution in [3.63, 3.8) is 0 Å². The second kappa shape index (κ2) is 8.80. The highest BCUT2D eigenvalue weighted by molar-refractivity contribution is 6.78. The van der Waals surface area contributed by atoms with Gasteiger partial charge in [0.25, 0.3) is 0 Å². The number of nitrogens with zero attached hydrogens (tertiary/aromatic N) is 2. The minimum Gasteiger partial charge on any atom is -0.506 e. The first kappa shape index (κ1) is 19.1. The third-order valence-corrected chi connectivity index (χ3v) is 4.13. The zero-order valence-electron chi connectivity index (χ0n) is 14.8. The number of halogens is 1. The van der Waals surface area contributed by atoms with Crippen molar-refractivity contribution in [1.82, 2.24) is 4.98 Å². The molecule has 0 atom stereocenters. The summed E-state index contributed by atoms with van der Waals surface area (Å²) >= 11 is 0. The first-order valence-corrected chi connectivity index (χ1v) is 8.55. The monoisotopic (exact) mass is 370 g/mol. The van der Waals surface area contributed by atoms with E-state index in [0.29, 0.717) is 22.0 Å². The fraction of sp³-hybridized carbons (Fsp3) is 0. The molecule has 2 N–H and O–H groups in total. The van der Waals surface area contributed by atoms with Crippen LogP contribution in [0.4, 0.5) is 4.39 Å². The van der Waals surface area contributed by atoms with E-state index in [-0.39, 0.29) is 11.6 Å². The fourth-order valence-corrected chi connectivity index (χ4v) is 2.70. The van der Waals surface area contributed by atoms with Crippen LogP contribution in [0.2, 0.25) is 0 Å². The summed E-state index contributed by atoms with van der Waals surface area (Å²) in [6.45, 7) is -0.876. The molecule has 28 heavy (non-hydrogen) atoms. The summed E-state index contributed by atoms with van der Waals surface area (Å²) in [4.78, 5) is 4.03. The van der Waals surface area contributed by atoms with Crippen molar-refractivity contribution in [2.24, 2.45) is 0 Å². The molecule has 1 heterocycles. The van der Waals surface area contributed by atoms with Crippen LogP contribution in [0.15, 0.2) is 85.1 Å². The van der Waals surface area contributed by atoms with Gasteiger partial charge in [0.2, 0.25) is 0 Å². The molecule has 0 bridgehead atoms. The molecule has 0 saturated heterocycles. The molecule has 6 heteroatoms. The number of hydrogen-bond donors (Lipinski definition) is 2. The molecule has 136 valence electrons. The van der Waals surface area contributed by atoms with E-state index in [4.69, 9.17) is 5.26 Å². The van der Waals surface area contributed by atoms with Gasteiger partial charge in [0.05, 0.1) is 11.6 Å². The minimum atomic E-state index is -0.876. The first-order chi connectivity index (χ1) is 13.6. The number of phenols is 1. The van der Waals surface area contributed by atoms with Crippen molar-refractivity contribution in [3.05, 3.63) is 96.4 Å². The predicted octanol–water partition coefficient (Wildman–Crippen LogP) is 2.74. The van der Waals surface area contributed by atoms with Crippen molar-refractivity contribution in [1.29, 1.82) is 5.26 Å². The topological polar surface area (TPSA) is 77.1 Å². The van der Waals surface area contributed by atoms with Crippen molar-refractivity contribution >= 4 is 28.7 Å². The Bertz CT molecular complexity index is 1120. The summed E-state index contributed by atoms with van der Waals surface area (Å²) in [6.07, 6.45) is 1.67. The summed E-state index contributed by atoms with van der Waals surface area (Å²) in [7, 11) is 0. The van der Waals surface area contributed by atoms with E-state index in [0.717, 1.165) is 5.39 Å². The number of hydrogen-bond acceptors (Lipinski definition) is 4. The minimum absolute atomic E-state index is 0.239. The van der Waals surface area contributed by atoms with E-state index >= 15 is 0 Å². The van der Waals surface area contributed by atoms with Crippen LogP contribution in [0.3, 0.4) is 0 Å². The van der Waals surface area contributed by atoms with Gasteiger partial charge in [0, 0.05) is 11.6 Å². The molecule has 0 aliphatic rings. The van der Waals surface area contributed by atoms with Crippen LogP contribution < -0.4 is 10.9 Å². The van der Waals surface area contributed by atoms with Crippen LogP contribution in [0, 0.1) is 17.1 Å². The summed E-state index contributed by atoms with van der Waals surface area (Å²) in [5, 5.41) is 29.0. The van der Waals surface area contributed by atoms with Gasteiger partial charge in [-0.2, -0.15) is 5.26 Å². The highest BCUT2D eigenvalue weighted by Gasteiger charge is 2.17. The number of fused-ring (bicyclic) bond motifs is 1. The van der Waals surface area contributed by atoms with Crippen molar-refractivity contribution in [2.75, 3.05) is 0 Å². The first-order valence-electron chi connectivity index (χ1n) is 8.55. The van der Waals surface area contributed by atoms with Crippen LogP contribution in [0.25, 0.3) is 10.9 Å². The van der Waals surface area contributed by atoms with Gasteiger partial charge in [-0.15, -0.1) is 0 Å². The highest BCUT2D eigenvalue weighted by atomic mass is 19.1. The van der Waals surface area contributed by atoms with Crippen molar-refractivity contribution in [3.8, 4) is 11.8 Å². The van der Waals surface area contributed by atoms with E-state index < -0.39 is 6.92 Å². The van der Waals surface area contributed by atoms with Gasteiger partial charge in [-0.25, -0.2) is 4.39 Å². The molecule has 0 spiro atoms. The second-order valence-electron chi connectivity index (χ2n) is 6.04. The molecular formula is C22H16BFN2O2. The van der Waals surface area contributed by atoms with Gasteiger partial charge >= 0.3 is 6.92 Å². The molecule has 0 unspecified atom stereocenters. The van der Waals surface area contributed by atoms with Gasteiger partial charge < -0.3 is 10.1 Å². The Morgan fingerprint density at radius 2 is 1.61 bits per heavy atom. The average molecular weight is 370 g/mol. The van der Waals surface area contributed by atoms with E-state index in [1.54, 1.807) is 54.7 Å². The summed E-state index contributed by atoms with van der Waals surface area (Å²) in [6, 6.07) is 23.5.